The zero-order valence-electron chi connectivity index (χ0n) is 16.2. The Kier molecular flexibility index (Phi) is 5.91. The van der Waals surface area contributed by atoms with E-state index in [0.29, 0.717) is 0 Å². The van der Waals surface area contributed by atoms with Gasteiger partial charge in [-0.2, -0.15) is 0 Å². The Morgan fingerprint density at radius 2 is 1.39 bits per heavy atom. The number of halogens is 1. The molecule has 158 valence electrons. The number of benzene rings is 3. The van der Waals surface area contributed by atoms with E-state index in [-0.39, 0.29) is 39.3 Å². The van der Waals surface area contributed by atoms with Crippen molar-refractivity contribution in [3.8, 4) is 22.3 Å². The van der Waals surface area contributed by atoms with E-state index in [0.717, 1.165) is 6.07 Å². The average molecular weight is 424 g/mol. The smallest absolute Gasteiger partial charge is 0.277 e. The van der Waals surface area contributed by atoms with Crippen LogP contribution in [0.5, 0.6) is 0 Å². The first-order chi connectivity index (χ1) is 14.7. The number of hydrogen-bond acceptors (Lipinski definition) is 6. The first kappa shape index (κ1) is 21.4. The van der Waals surface area contributed by atoms with E-state index in [4.69, 9.17) is 5.73 Å². The van der Waals surface area contributed by atoms with Gasteiger partial charge in [-0.3, -0.25) is 25.0 Å². The molecule has 3 rings (SSSR count). The summed E-state index contributed by atoms with van der Waals surface area (Å²) in [7, 11) is 0. The summed E-state index contributed by atoms with van der Waals surface area (Å²) in [4.78, 5) is 33.2. The number of primary amides is 1. The Labute approximate surface area is 175 Å². The fraction of sp³-hybridized carbons (Fsp3) is 0.0952. The van der Waals surface area contributed by atoms with Gasteiger partial charge in [0.15, 0.2) is 0 Å². The Morgan fingerprint density at radius 3 is 1.87 bits per heavy atom. The summed E-state index contributed by atoms with van der Waals surface area (Å²) in [6, 6.07) is 12.8. The van der Waals surface area contributed by atoms with Crippen molar-refractivity contribution in [1.82, 2.24) is 0 Å². The molecule has 0 saturated carbocycles. The van der Waals surface area contributed by atoms with Gasteiger partial charge in [-0.05, 0) is 31.2 Å². The molecule has 0 heterocycles. The Bertz CT molecular complexity index is 1200. The number of carbonyl (C=O) groups is 1. The van der Waals surface area contributed by atoms with Crippen LogP contribution in [0.2, 0.25) is 0 Å². The minimum Gasteiger partial charge on any atom is -0.373 e. The molecular weight excluding hydrogens is 407 g/mol. The molecule has 0 bridgehead atoms. The highest BCUT2D eigenvalue weighted by molar-refractivity contribution is 5.91. The molecule has 0 unspecified atom stereocenters. The zero-order chi connectivity index (χ0) is 22.7. The van der Waals surface area contributed by atoms with Crippen LogP contribution in [0.3, 0.4) is 0 Å². The van der Waals surface area contributed by atoms with Crippen LogP contribution in [0.25, 0.3) is 22.3 Å². The summed E-state index contributed by atoms with van der Waals surface area (Å²) in [6.07, 6.45) is 0. The molecule has 10 heteroatoms. The summed E-state index contributed by atoms with van der Waals surface area (Å²) in [5.41, 5.74) is 5.03. The molecule has 1 amide bonds. The highest BCUT2D eigenvalue weighted by atomic mass is 19.1. The van der Waals surface area contributed by atoms with Gasteiger partial charge in [0, 0.05) is 28.9 Å². The van der Waals surface area contributed by atoms with Gasteiger partial charge in [-0.1, -0.05) is 24.3 Å². The highest BCUT2D eigenvalue weighted by Crippen LogP contribution is 2.41. The maximum absolute atomic E-state index is 15.1. The normalized spacial score (nSPS) is 11.5. The zero-order valence-corrected chi connectivity index (χ0v) is 16.2. The third-order valence-electron chi connectivity index (χ3n) is 4.69. The second-order valence-electron chi connectivity index (χ2n) is 6.69. The van der Waals surface area contributed by atoms with Crippen LogP contribution < -0.4 is 11.1 Å². The van der Waals surface area contributed by atoms with Crippen LogP contribution in [-0.2, 0) is 4.79 Å². The van der Waals surface area contributed by atoms with E-state index in [1.807, 2.05) is 0 Å². The van der Waals surface area contributed by atoms with Gasteiger partial charge in [0.2, 0.25) is 5.91 Å². The van der Waals surface area contributed by atoms with Crippen LogP contribution in [0.15, 0.2) is 60.7 Å². The minimum atomic E-state index is -0.905. The van der Waals surface area contributed by atoms with E-state index < -0.39 is 27.6 Å². The van der Waals surface area contributed by atoms with Gasteiger partial charge in [-0.15, -0.1) is 0 Å². The lowest BCUT2D eigenvalue weighted by Crippen LogP contribution is -2.32. The Hall–Kier alpha value is -4.34. The molecule has 9 nitrogen and oxygen atoms in total. The third kappa shape index (κ3) is 4.32. The van der Waals surface area contributed by atoms with Gasteiger partial charge >= 0.3 is 0 Å². The van der Waals surface area contributed by atoms with Gasteiger partial charge < -0.3 is 11.1 Å². The number of nitro groups is 2. The lowest BCUT2D eigenvalue weighted by molar-refractivity contribution is -0.384. The van der Waals surface area contributed by atoms with Crippen LogP contribution in [-0.4, -0.2) is 21.8 Å². The molecule has 0 aliphatic carbocycles. The predicted octanol–water partition coefficient (Wildman–Crippen LogP) is 4.26. The van der Waals surface area contributed by atoms with Crippen LogP contribution in [0.1, 0.15) is 6.92 Å². The molecule has 0 aliphatic rings. The molecule has 3 aromatic carbocycles. The van der Waals surface area contributed by atoms with Crippen molar-refractivity contribution in [2.24, 2.45) is 5.73 Å². The van der Waals surface area contributed by atoms with Crippen LogP contribution >= 0.6 is 0 Å². The van der Waals surface area contributed by atoms with Crippen molar-refractivity contribution in [1.29, 1.82) is 0 Å². The number of nitrogens with zero attached hydrogens (tertiary/aromatic N) is 2. The number of anilines is 1. The van der Waals surface area contributed by atoms with E-state index in [9.17, 15) is 25.0 Å². The first-order valence-electron chi connectivity index (χ1n) is 9.07. The lowest BCUT2D eigenvalue weighted by Gasteiger charge is -2.18. The van der Waals surface area contributed by atoms with Crippen LogP contribution in [0.4, 0.5) is 21.5 Å². The predicted molar refractivity (Wildman–Crippen MR) is 113 cm³/mol. The molecule has 31 heavy (non-hydrogen) atoms. The number of hydrogen-bond donors (Lipinski definition) is 2. The molecule has 0 spiro atoms. The number of nitrogens with two attached hydrogens (primary N) is 1. The fourth-order valence-corrected chi connectivity index (χ4v) is 3.15. The van der Waals surface area contributed by atoms with Crippen molar-refractivity contribution >= 4 is 23.0 Å². The number of amides is 1. The second kappa shape index (κ2) is 8.57. The topological polar surface area (TPSA) is 141 Å². The maximum Gasteiger partial charge on any atom is 0.277 e. The summed E-state index contributed by atoms with van der Waals surface area (Å²) in [5, 5.41) is 25.7. The van der Waals surface area contributed by atoms with Crippen molar-refractivity contribution in [3.63, 3.8) is 0 Å². The second-order valence-corrected chi connectivity index (χ2v) is 6.69. The summed E-state index contributed by atoms with van der Waals surface area (Å²) in [6.45, 7) is 1.46. The SMILES string of the molecule is C[C@H](Nc1cc(F)c(-c2ccccc2[N+](=O)[O-])cc1-c1ccccc1[N+](=O)[O-])C(N)=O. The Balaban J connectivity index is 2.32. The van der Waals surface area contributed by atoms with Gasteiger partial charge in [0.25, 0.3) is 11.4 Å². The fourth-order valence-electron chi connectivity index (χ4n) is 3.15. The van der Waals surface area contributed by atoms with Crippen LogP contribution in [0, 0.1) is 26.0 Å². The van der Waals surface area contributed by atoms with Crippen molar-refractivity contribution in [2.75, 3.05) is 5.32 Å². The quantitative estimate of drug-likeness (QED) is 0.429. The molecular formula is C21H17FN4O5. The van der Waals surface area contributed by atoms with E-state index in [1.54, 1.807) is 6.07 Å². The summed E-state index contributed by atoms with van der Waals surface area (Å²) < 4.78 is 15.1. The monoisotopic (exact) mass is 424 g/mol. The van der Waals surface area contributed by atoms with Gasteiger partial charge in [0.1, 0.15) is 11.9 Å². The van der Waals surface area contributed by atoms with E-state index in [2.05, 4.69) is 5.32 Å². The number of rotatable bonds is 7. The maximum atomic E-state index is 15.1. The Morgan fingerprint density at radius 1 is 0.903 bits per heavy atom. The largest absolute Gasteiger partial charge is 0.373 e. The van der Waals surface area contributed by atoms with Crippen molar-refractivity contribution < 1.29 is 19.0 Å². The number of carbonyl (C=O) groups excluding carboxylic acids is 1. The molecule has 0 saturated heterocycles. The van der Waals surface area contributed by atoms with E-state index in [1.165, 1.54) is 55.5 Å². The molecule has 0 radical (unpaired) electrons. The molecule has 3 aromatic rings. The number of nitrogens with one attached hydrogen (secondary N) is 1. The van der Waals surface area contributed by atoms with Crippen molar-refractivity contribution in [2.45, 2.75) is 13.0 Å². The summed E-state index contributed by atoms with van der Waals surface area (Å²) in [5.74, 6) is -1.52. The third-order valence-corrected chi connectivity index (χ3v) is 4.69. The molecule has 3 N–H and O–H groups in total. The highest BCUT2D eigenvalue weighted by Gasteiger charge is 2.24. The lowest BCUT2D eigenvalue weighted by atomic mass is 9.94. The first-order valence-corrected chi connectivity index (χ1v) is 9.07. The number of nitro benzene ring substituents is 2. The number of para-hydroxylation sites is 2. The average Bonchev–Trinajstić information content (AvgIpc) is 2.73. The standard InChI is InChI=1S/C21H17FN4O5/c1-12(21(23)27)24-18-11-17(22)15(13-6-2-4-8-19(13)25(28)29)10-16(18)14-7-3-5-9-20(14)26(30)31/h2-12,24H,1H3,(H2,23,27)/t12-/m0/s1. The molecule has 0 fully saturated rings. The minimum absolute atomic E-state index is 0.0133. The van der Waals surface area contributed by atoms with E-state index >= 15 is 4.39 Å². The van der Waals surface area contributed by atoms with Gasteiger partial charge in [0.05, 0.1) is 21.0 Å². The van der Waals surface area contributed by atoms with Gasteiger partial charge in [-0.25, -0.2) is 4.39 Å². The molecule has 0 aliphatic heterocycles. The molecule has 0 aromatic heterocycles. The molecule has 1 atom stereocenters. The van der Waals surface area contributed by atoms with Crippen molar-refractivity contribution in [3.05, 3.63) is 86.7 Å². The summed E-state index contributed by atoms with van der Waals surface area (Å²) >= 11 is 0.